The predicted molar refractivity (Wildman–Crippen MR) is 53.5 cm³/mol. The first-order chi connectivity index (χ1) is 6.86. The van der Waals surface area contributed by atoms with E-state index in [0.717, 1.165) is 23.0 Å². The van der Waals surface area contributed by atoms with E-state index in [1.54, 1.807) is 6.20 Å². The van der Waals surface area contributed by atoms with E-state index in [1.807, 2.05) is 12.2 Å². The zero-order chi connectivity index (χ0) is 9.54. The molecule has 0 radical (unpaired) electrons. The lowest BCUT2D eigenvalue weighted by Gasteiger charge is -2.15. The molecule has 0 unspecified atom stereocenters. The Hall–Kier alpha value is -1.97. The highest BCUT2D eigenvalue weighted by molar-refractivity contribution is 5.69. The molecule has 70 valence electrons. The Morgan fingerprint density at radius 2 is 2.21 bits per heavy atom. The lowest BCUT2D eigenvalue weighted by Crippen LogP contribution is -2.41. The Bertz CT molecular complexity index is 613. The van der Waals surface area contributed by atoms with Gasteiger partial charge in [-0.3, -0.25) is 15.0 Å². The maximum absolute atomic E-state index is 11.3. The van der Waals surface area contributed by atoms with E-state index in [2.05, 4.69) is 21.6 Å². The van der Waals surface area contributed by atoms with Gasteiger partial charge in [-0.25, -0.2) is 0 Å². The van der Waals surface area contributed by atoms with E-state index < -0.39 is 0 Å². The monoisotopic (exact) mass is 187 g/mol. The third-order valence-electron chi connectivity index (χ3n) is 2.53. The van der Waals surface area contributed by atoms with Gasteiger partial charge in [-0.2, -0.15) is 0 Å². The van der Waals surface area contributed by atoms with Gasteiger partial charge in [0.2, 0.25) is 0 Å². The highest BCUT2D eigenvalue weighted by atomic mass is 16.1. The van der Waals surface area contributed by atoms with E-state index in [4.69, 9.17) is 0 Å². The van der Waals surface area contributed by atoms with Gasteiger partial charge in [-0.05, 0) is 12.5 Å². The molecule has 0 bridgehead atoms. The number of rotatable bonds is 0. The summed E-state index contributed by atoms with van der Waals surface area (Å²) in [6.45, 7) is 0. The molecular formula is C10H9N3O. The minimum Gasteiger partial charge on any atom is -0.361 e. The molecule has 1 aliphatic heterocycles. The van der Waals surface area contributed by atoms with Gasteiger partial charge in [0.05, 0.1) is 10.6 Å². The highest BCUT2D eigenvalue weighted by Crippen LogP contribution is 2.16. The molecule has 14 heavy (non-hydrogen) atoms. The second-order valence-corrected chi connectivity index (χ2v) is 3.35. The quantitative estimate of drug-likeness (QED) is 0.490. The van der Waals surface area contributed by atoms with Gasteiger partial charge in [-0.15, -0.1) is 0 Å². The maximum atomic E-state index is 11.3. The van der Waals surface area contributed by atoms with Gasteiger partial charge < -0.3 is 5.32 Å². The van der Waals surface area contributed by atoms with Gasteiger partial charge in [0.15, 0.2) is 0 Å². The third-order valence-corrected chi connectivity index (χ3v) is 2.53. The van der Waals surface area contributed by atoms with E-state index in [-0.39, 0.29) is 5.56 Å². The van der Waals surface area contributed by atoms with Gasteiger partial charge in [0.25, 0.3) is 5.56 Å². The SMILES string of the molecule is O=c1[nH][nH]c2c1=CNC1=CC=CCC=21. The molecule has 0 fully saturated rings. The summed E-state index contributed by atoms with van der Waals surface area (Å²) in [6.07, 6.45) is 8.67. The van der Waals surface area contributed by atoms with Gasteiger partial charge in [0, 0.05) is 17.5 Å². The van der Waals surface area contributed by atoms with Crippen molar-refractivity contribution in [2.24, 2.45) is 0 Å². The summed E-state index contributed by atoms with van der Waals surface area (Å²) in [6, 6.07) is 0. The van der Waals surface area contributed by atoms with E-state index >= 15 is 0 Å². The lowest BCUT2D eigenvalue weighted by atomic mass is 10.0. The Morgan fingerprint density at radius 1 is 1.29 bits per heavy atom. The Labute approximate surface area is 79.3 Å². The van der Waals surface area contributed by atoms with Crippen LogP contribution in [0.15, 0.2) is 28.7 Å². The summed E-state index contributed by atoms with van der Waals surface area (Å²) in [5.41, 5.74) is 2.13. The fourth-order valence-corrected chi connectivity index (χ4v) is 1.83. The van der Waals surface area contributed by atoms with Gasteiger partial charge in [0.1, 0.15) is 0 Å². The normalized spacial score (nSPS) is 17.7. The van der Waals surface area contributed by atoms with Crippen LogP contribution in [0.25, 0.3) is 11.8 Å². The maximum Gasteiger partial charge on any atom is 0.273 e. The molecule has 0 saturated heterocycles. The molecule has 3 rings (SSSR count). The van der Waals surface area contributed by atoms with Crippen LogP contribution in [-0.4, -0.2) is 10.2 Å². The molecule has 4 nitrogen and oxygen atoms in total. The number of hydrogen-bond acceptors (Lipinski definition) is 2. The largest absolute Gasteiger partial charge is 0.361 e. The minimum atomic E-state index is -0.0754. The number of aromatic amines is 2. The molecule has 1 aromatic heterocycles. The van der Waals surface area contributed by atoms with Crippen LogP contribution in [0.4, 0.5) is 0 Å². The first-order valence-corrected chi connectivity index (χ1v) is 4.50. The number of hydrogen-bond donors (Lipinski definition) is 3. The van der Waals surface area contributed by atoms with Crippen LogP contribution in [0.1, 0.15) is 6.42 Å². The lowest BCUT2D eigenvalue weighted by molar-refractivity contribution is 1.01. The number of nitrogens with one attached hydrogen (secondary N) is 3. The molecule has 2 heterocycles. The summed E-state index contributed by atoms with van der Waals surface area (Å²) in [5, 5.41) is 10.2. The molecule has 1 aliphatic carbocycles. The van der Waals surface area contributed by atoms with Crippen molar-refractivity contribution in [2.75, 3.05) is 0 Å². The Morgan fingerprint density at radius 3 is 3.14 bits per heavy atom. The Kier molecular flexibility index (Phi) is 1.33. The number of allylic oxidation sites excluding steroid dienone is 4. The first kappa shape index (κ1) is 7.44. The number of H-pyrrole nitrogens is 2. The van der Waals surface area contributed by atoms with Crippen molar-refractivity contribution in [2.45, 2.75) is 6.42 Å². The molecule has 4 heteroatoms. The van der Waals surface area contributed by atoms with Gasteiger partial charge in [-0.1, -0.05) is 12.2 Å². The molecule has 3 N–H and O–H groups in total. The summed E-state index contributed by atoms with van der Waals surface area (Å²) in [5.74, 6) is 0. The topological polar surface area (TPSA) is 60.7 Å². The summed E-state index contributed by atoms with van der Waals surface area (Å²) in [4.78, 5) is 11.3. The minimum absolute atomic E-state index is 0.0754. The van der Waals surface area contributed by atoms with Crippen molar-refractivity contribution in [3.63, 3.8) is 0 Å². The average molecular weight is 187 g/mol. The summed E-state index contributed by atoms with van der Waals surface area (Å²) in [7, 11) is 0. The van der Waals surface area contributed by atoms with E-state index in [1.165, 1.54) is 0 Å². The summed E-state index contributed by atoms with van der Waals surface area (Å²) >= 11 is 0. The van der Waals surface area contributed by atoms with Crippen LogP contribution >= 0.6 is 0 Å². The van der Waals surface area contributed by atoms with Crippen LogP contribution in [-0.2, 0) is 0 Å². The fourth-order valence-electron chi connectivity index (χ4n) is 1.83. The van der Waals surface area contributed by atoms with Crippen LogP contribution in [0.5, 0.6) is 0 Å². The van der Waals surface area contributed by atoms with E-state index in [0.29, 0.717) is 5.22 Å². The van der Waals surface area contributed by atoms with Crippen LogP contribution in [0, 0.1) is 0 Å². The van der Waals surface area contributed by atoms with Crippen molar-refractivity contribution in [1.29, 1.82) is 0 Å². The van der Waals surface area contributed by atoms with Crippen LogP contribution in [0.3, 0.4) is 0 Å². The van der Waals surface area contributed by atoms with Crippen molar-refractivity contribution in [3.8, 4) is 0 Å². The predicted octanol–water partition coefficient (Wildman–Crippen LogP) is -0.961. The molecule has 0 saturated carbocycles. The first-order valence-electron chi connectivity index (χ1n) is 4.50. The molecule has 0 spiro atoms. The molecule has 2 aliphatic rings. The molecule has 0 aromatic carbocycles. The van der Waals surface area contributed by atoms with Crippen molar-refractivity contribution >= 4 is 11.8 Å². The Balaban J connectivity index is 2.48. The zero-order valence-corrected chi connectivity index (χ0v) is 7.42. The number of aromatic nitrogens is 2. The van der Waals surface area contributed by atoms with E-state index in [9.17, 15) is 4.79 Å². The molecule has 0 amide bonds. The number of fused-ring (bicyclic) bond motifs is 2. The average Bonchev–Trinajstić information content (AvgIpc) is 2.61. The molecular weight excluding hydrogens is 178 g/mol. The van der Waals surface area contributed by atoms with Crippen molar-refractivity contribution in [1.82, 2.24) is 15.5 Å². The molecule has 1 aromatic rings. The highest BCUT2D eigenvalue weighted by Gasteiger charge is 2.12. The van der Waals surface area contributed by atoms with Gasteiger partial charge >= 0.3 is 0 Å². The standard InChI is InChI=1S/C10H9N3O/c14-10-7-5-11-8-4-2-1-3-6(8)9(7)12-13-10/h1-2,4-5,11-12H,3H2,(H,13,14). The zero-order valence-electron chi connectivity index (χ0n) is 7.42. The van der Waals surface area contributed by atoms with Crippen molar-refractivity contribution < 1.29 is 0 Å². The van der Waals surface area contributed by atoms with Crippen LogP contribution < -0.4 is 21.4 Å². The summed E-state index contributed by atoms with van der Waals surface area (Å²) < 4.78 is 0. The molecule has 0 atom stereocenters. The fraction of sp³-hybridized carbons (Fsp3) is 0.100. The third kappa shape index (κ3) is 0.849. The van der Waals surface area contributed by atoms with Crippen molar-refractivity contribution in [3.05, 3.63) is 44.8 Å². The second kappa shape index (κ2) is 2.51. The van der Waals surface area contributed by atoms with Crippen LogP contribution in [0.2, 0.25) is 0 Å². The second-order valence-electron chi connectivity index (χ2n) is 3.35. The smallest absolute Gasteiger partial charge is 0.273 e.